The molecule has 0 N–H and O–H groups in total. The molecule has 0 aromatic heterocycles. The van der Waals surface area contributed by atoms with Crippen molar-refractivity contribution in [3.63, 3.8) is 0 Å². The van der Waals surface area contributed by atoms with Gasteiger partial charge in [-0.3, -0.25) is 4.90 Å². The number of carbonyl (C=O) groups excluding carboxylic acids is 1. The van der Waals surface area contributed by atoms with E-state index in [0.717, 1.165) is 48.9 Å². The van der Waals surface area contributed by atoms with Crippen LogP contribution in [0.3, 0.4) is 0 Å². The molecule has 0 spiro atoms. The molecule has 0 unspecified atom stereocenters. The third-order valence-corrected chi connectivity index (χ3v) is 7.22. The Labute approximate surface area is 223 Å². The molecule has 4 rings (SSSR count). The van der Waals surface area contributed by atoms with Crippen molar-refractivity contribution in [3.8, 4) is 5.75 Å². The van der Waals surface area contributed by atoms with Crippen LogP contribution in [0.25, 0.3) is 0 Å². The minimum Gasteiger partial charge on any atom is -0.465 e. The Kier molecular flexibility index (Phi) is 8.04. The van der Waals surface area contributed by atoms with Crippen LogP contribution in [0.2, 0.25) is 10.0 Å². The summed E-state index contributed by atoms with van der Waals surface area (Å²) < 4.78 is 26.4. The van der Waals surface area contributed by atoms with Gasteiger partial charge in [-0.2, -0.15) is 0 Å². The monoisotopic (exact) mass is 533 g/mol. The number of ether oxygens (including phenoxy) is 2. The van der Waals surface area contributed by atoms with E-state index in [-0.39, 0.29) is 17.5 Å². The minimum atomic E-state index is -0.694. The highest BCUT2D eigenvalue weighted by Gasteiger charge is 2.31. The molecule has 1 aliphatic carbocycles. The number of nitrogens with zero attached hydrogens (tertiary/aromatic N) is 1. The Morgan fingerprint density at radius 3 is 2.39 bits per heavy atom. The van der Waals surface area contributed by atoms with Gasteiger partial charge < -0.3 is 9.47 Å². The molecule has 2 aliphatic rings. The first kappa shape index (κ1) is 27.0. The molecule has 0 bridgehead atoms. The quantitative estimate of drug-likeness (QED) is 0.275. The van der Waals surface area contributed by atoms with Crippen molar-refractivity contribution in [2.45, 2.75) is 83.9 Å². The number of benzene rings is 2. The maximum absolute atomic E-state index is 14.9. The van der Waals surface area contributed by atoms with Crippen molar-refractivity contribution in [1.82, 2.24) is 4.90 Å². The summed E-state index contributed by atoms with van der Waals surface area (Å²) in [7, 11) is 0. The van der Waals surface area contributed by atoms with Gasteiger partial charge in [-0.05, 0) is 107 Å². The Morgan fingerprint density at radius 2 is 1.78 bits per heavy atom. The fraction of sp³-hybridized carbons (Fsp3) is 0.483. The molecule has 36 heavy (non-hydrogen) atoms. The molecule has 2 atom stereocenters. The van der Waals surface area contributed by atoms with Gasteiger partial charge in [0.2, 0.25) is 0 Å². The summed E-state index contributed by atoms with van der Waals surface area (Å²) in [5.41, 5.74) is 2.32. The zero-order valence-corrected chi connectivity index (χ0v) is 23.0. The molecule has 1 saturated carbocycles. The van der Waals surface area contributed by atoms with Gasteiger partial charge in [-0.15, -0.1) is 0 Å². The third-order valence-electron chi connectivity index (χ3n) is 6.79. The van der Waals surface area contributed by atoms with Gasteiger partial charge >= 0.3 is 5.97 Å². The molecule has 1 aliphatic heterocycles. The highest BCUT2D eigenvalue weighted by atomic mass is 35.5. The van der Waals surface area contributed by atoms with E-state index in [2.05, 4.69) is 18.7 Å². The van der Waals surface area contributed by atoms with Gasteiger partial charge in [0.05, 0.1) is 11.8 Å². The Balaban J connectivity index is 1.53. The molecule has 2 aromatic carbocycles. The Bertz CT molecular complexity index is 1150. The van der Waals surface area contributed by atoms with E-state index in [9.17, 15) is 9.18 Å². The van der Waals surface area contributed by atoms with E-state index in [1.807, 2.05) is 12.1 Å². The second-order valence-corrected chi connectivity index (χ2v) is 11.9. The second-order valence-electron chi connectivity index (χ2n) is 11.0. The molecule has 1 saturated heterocycles. The van der Waals surface area contributed by atoms with E-state index in [4.69, 9.17) is 32.7 Å². The van der Waals surface area contributed by atoms with Crippen LogP contribution in [0, 0.1) is 5.82 Å². The Hall–Kier alpha value is -2.08. The lowest BCUT2D eigenvalue weighted by Gasteiger charge is -2.39. The lowest BCUT2D eigenvalue weighted by atomic mass is 9.95. The zero-order valence-electron chi connectivity index (χ0n) is 21.5. The second kappa shape index (κ2) is 10.7. The standard InChI is InChI=1S/C29H34Cl2FNO3/c1-17-6-7-19(15-33(17)18(2)21-10-22(30)12-23(31)11-21)16-35-27-14-26(32)25(13-24(27)20-8-9-20)28(34)36-29(3,4)5/h10-14,16-18,20H,6-9,15H2,1-5H3/b19-16-/t17-,18-/m1/s1. The van der Waals surface area contributed by atoms with Crippen molar-refractivity contribution in [3.05, 3.63) is 74.7 Å². The molecule has 2 aromatic rings. The average Bonchev–Trinajstić information content (AvgIpc) is 3.61. The van der Waals surface area contributed by atoms with E-state index in [1.54, 1.807) is 39.2 Å². The summed E-state index contributed by atoms with van der Waals surface area (Å²) in [6.07, 6.45) is 5.63. The molecule has 0 radical (unpaired) electrons. The maximum atomic E-state index is 14.9. The van der Waals surface area contributed by atoms with Crippen LogP contribution in [-0.2, 0) is 4.74 Å². The first-order valence-electron chi connectivity index (χ1n) is 12.5. The normalized spacial score (nSPS) is 20.9. The first-order valence-corrected chi connectivity index (χ1v) is 13.3. The fourth-order valence-corrected chi connectivity index (χ4v) is 5.22. The van der Waals surface area contributed by atoms with Gasteiger partial charge in [0, 0.05) is 34.7 Å². The molecule has 1 heterocycles. The van der Waals surface area contributed by atoms with Gasteiger partial charge in [-0.1, -0.05) is 23.2 Å². The van der Waals surface area contributed by atoms with Gasteiger partial charge in [-0.25, -0.2) is 9.18 Å². The third kappa shape index (κ3) is 6.62. The highest BCUT2D eigenvalue weighted by molar-refractivity contribution is 6.34. The minimum absolute atomic E-state index is 0.0431. The topological polar surface area (TPSA) is 38.8 Å². The van der Waals surface area contributed by atoms with E-state index in [1.165, 1.54) is 6.07 Å². The van der Waals surface area contributed by atoms with Crippen LogP contribution < -0.4 is 4.74 Å². The molecular weight excluding hydrogens is 500 g/mol. The lowest BCUT2D eigenvalue weighted by Crippen LogP contribution is -2.40. The highest BCUT2D eigenvalue weighted by Crippen LogP contribution is 2.45. The van der Waals surface area contributed by atoms with Gasteiger partial charge in [0.1, 0.15) is 17.2 Å². The summed E-state index contributed by atoms with van der Waals surface area (Å²) in [5.74, 6) is -0.545. The molecular formula is C29H34Cl2FNO3. The number of esters is 1. The smallest absolute Gasteiger partial charge is 0.341 e. The van der Waals surface area contributed by atoms with Crippen molar-refractivity contribution in [2.75, 3.05) is 6.54 Å². The number of piperidine rings is 1. The van der Waals surface area contributed by atoms with Crippen LogP contribution in [0.15, 0.2) is 42.2 Å². The molecule has 194 valence electrons. The summed E-state index contributed by atoms with van der Waals surface area (Å²) in [6, 6.07) is 9.07. The number of carbonyl (C=O) groups is 1. The first-order chi connectivity index (χ1) is 16.9. The fourth-order valence-electron chi connectivity index (χ4n) is 4.68. The van der Waals surface area contributed by atoms with Crippen LogP contribution in [0.1, 0.15) is 93.7 Å². The van der Waals surface area contributed by atoms with Crippen LogP contribution in [0.5, 0.6) is 5.75 Å². The summed E-state index contributed by atoms with van der Waals surface area (Å²) in [4.78, 5) is 14.9. The lowest BCUT2D eigenvalue weighted by molar-refractivity contribution is 0.00645. The predicted octanol–water partition coefficient (Wildman–Crippen LogP) is 8.47. The SMILES string of the molecule is C[C@@H]1CC/C(=C/Oc2cc(F)c(C(=O)OC(C)(C)C)cc2C2CC2)CN1[C@H](C)c1cc(Cl)cc(Cl)c1. The van der Waals surface area contributed by atoms with Crippen LogP contribution in [0.4, 0.5) is 4.39 Å². The van der Waals surface area contributed by atoms with Gasteiger partial charge in [0.25, 0.3) is 0 Å². The van der Waals surface area contributed by atoms with E-state index < -0.39 is 17.4 Å². The predicted molar refractivity (Wildman–Crippen MR) is 143 cm³/mol. The Morgan fingerprint density at radius 1 is 1.11 bits per heavy atom. The van der Waals surface area contributed by atoms with Gasteiger partial charge in [0.15, 0.2) is 0 Å². The van der Waals surface area contributed by atoms with Crippen molar-refractivity contribution in [1.29, 1.82) is 0 Å². The summed E-state index contributed by atoms with van der Waals surface area (Å²) >= 11 is 12.5. The maximum Gasteiger partial charge on any atom is 0.341 e. The number of hydrogen-bond acceptors (Lipinski definition) is 4. The molecule has 0 amide bonds. The number of likely N-dealkylation sites (tertiary alicyclic amines) is 1. The van der Waals surface area contributed by atoms with Crippen LogP contribution >= 0.6 is 23.2 Å². The number of halogens is 3. The summed E-state index contributed by atoms with van der Waals surface area (Å²) in [5, 5.41) is 1.25. The molecule has 7 heteroatoms. The van der Waals surface area contributed by atoms with Crippen molar-refractivity contribution >= 4 is 29.2 Å². The van der Waals surface area contributed by atoms with Crippen LogP contribution in [-0.4, -0.2) is 29.1 Å². The molecule has 4 nitrogen and oxygen atoms in total. The number of hydrogen-bond donors (Lipinski definition) is 0. The number of rotatable bonds is 6. The zero-order chi connectivity index (χ0) is 26.2. The van der Waals surface area contributed by atoms with E-state index in [0.29, 0.717) is 21.8 Å². The summed E-state index contributed by atoms with van der Waals surface area (Å²) in [6.45, 7) is 10.4. The van der Waals surface area contributed by atoms with Crippen molar-refractivity contribution in [2.24, 2.45) is 0 Å². The van der Waals surface area contributed by atoms with Crippen molar-refractivity contribution < 1.29 is 18.7 Å². The molecule has 2 fully saturated rings. The average molecular weight is 534 g/mol. The largest absolute Gasteiger partial charge is 0.465 e. The van der Waals surface area contributed by atoms with E-state index >= 15 is 0 Å².